The molecule has 2 nitrogen and oxygen atoms in total. The van der Waals surface area contributed by atoms with E-state index < -0.39 is 0 Å². The Bertz CT molecular complexity index is 2070. The zero-order chi connectivity index (χ0) is 27.9. The Balaban J connectivity index is 1.38. The van der Waals surface area contributed by atoms with Gasteiger partial charge in [0.05, 0.1) is 11.4 Å². The number of nitrogens with one attached hydrogen (secondary N) is 2. The highest BCUT2D eigenvalue weighted by Crippen LogP contribution is 2.44. The summed E-state index contributed by atoms with van der Waals surface area (Å²) in [7, 11) is 0. The lowest BCUT2D eigenvalue weighted by Crippen LogP contribution is -1.98. The molecular formula is C39H30N2. The van der Waals surface area contributed by atoms with E-state index in [4.69, 9.17) is 5.41 Å². The molecule has 0 unspecified atom stereocenters. The van der Waals surface area contributed by atoms with Crippen molar-refractivity contribution in [3.05, 3.63) is 150 Å². The van der Waals surface area contributed by atoms with Crippen molar-refractivity contribution in [1.82, 2.24) is 4.98 Å². The number of aromatic nitrogens is 1. The Hall–Kier alpha value is -5.21. The largest absolute Gasteiger partial charge is 0.360 e. The van der Waals surface area contributed by atoms with Crippen molar-refractivity contribution in [2.24, 2.45) is 0 Å². The molecule has 0 aliphatic rings. The van der Waals surface area contributed by atoms with Crippen molar-refractivity contribution in [3.8, 4) is 22.3 Å². The maximum Gasteiger partial charge on any atom is 0.0780 e. The monoisotopic (exact) mass is 526 g/mol. The Morgan fingerprint density at radius 2 is 1.15 bits per heavy atom. The van der Waals surface area contributed by atoms with E-state index >= 15 is 0 Å². The van der Waals surface area contributed by atoms with E-state index in [0.29, 0.717) is 5.71 Å². The molecule has 0 amide bonds. The molecule has 196 valence electrons. The van der Waals surface area contributed by atoms with Gasteiger partial charge in [-0.05, 0) is 103 Å². The zero-order valence-corrected chi connectivity index (χ0v) is 23.2. The van der Waals surface area contributed by atoms with Crippen LogP contribution in [0.4, 0.5) is 0 Å². The van der Waals surface area contributed by atoms with E-state index in [2.05, 4.69) is 127 Å². The third-order valence-electron chi connectivity index (χ3n) is 8.18. The lowest BCUT2D eigenvalue weighted by Gasteiger charge is -2.18. The molecule has 0 aliphatic heterocycles. The topological polar surface area (TPSA) is 39.6 Å². The standard InChI is InChI=1S/C39H30N2/c1-25-21-22-41-39(25)36(40)23-26(2)27-15-18-29(19-16-27)37-32-11-5-7-13-34(32)38(35-14-8-6-12-33(35)37)31-20-17-28-9-3-4-10-30(28)24-31/h3-24,40-41H,1-2H3/b26-23+,40-36?. The van der Waals surface area contributed by atoms with Crippen molar-refractivity contribution >= 4 is 43.6 Å². The highest BCUT2D eigenvalue weighted by Gasteiger charge is 2.17. The van der Waals surface area contributed by atoms with Gasteiger partial charge in [-0.2, -0.15) is 0 Å². The van der Waals surface area contributed by atoms with E-state index in [-0.39, 0.29) is 0 Å². The highest BCUT2D eigenvalue weighted by molar-refractivity contribution is 6.21. The predicted molar refractivity (Wildman–Crippen MR) is 176 cm³/mol. The normalized spacial score (nSPS) is 11.9. The zero-order valence-electron chi connectivity index (χ0n) is 23.2. The van der Waals surface area contributed by atoms with Crippen molar-refractivity contribution in [1.29, 1.82) is 5.41 Å². The molecule has 7 aromatic rings. The van der Waals surface area contributed by atoms with E-state index in [9.17, 15) is 0 Å². The molecule has 0 atom stereocenters. The number of hydrogen-bond donors (Lipinski definition) is 2. The van der Waals surface area contributed by atoms with Crippen LogP contribution in [0.3, 0.4) is 0 Å². The van der Waals surface area contributed by atoms with Gasteiger partial charge in [-0.1, -0.05) is 109 Å². The van der Waals surface area contributed by atoms with Crippen molar-refractivity contribution < 1.29 is 0 Å². The first kappa shape index (κ1) is 24.8. The third-order valence-corrected chi connectivity index (χ3v) is 8.18. The van der Waals surface area contributed by atoms with Crippen LogP contribution in [0.2, 0.25) is 0 Å². The van der Waals surface area contributed by atoms with Crippen LogP contribution in [0, 0.1) is 12.3 Å². The Labute approximate surface area is 240 Å². The van der Waals surface area contributed by atoms with E-state index in [1.54, 1.807) is 0 Å². The molecule has 0 spiro atoms. The second-order valence-electron chi connectivity index (χ2n) is 10.8. The maximum atomic E-state index is 8.55. The molecule has 0 aliphatic carbocycles. The summed E-state index contributed by atoms with van der Waals surface area (Å²) >= 11 is 0. The van der Waals surface area contributed by atoms with Gasteiger partial charge in [0.25, 0.3) is 0 Å². The van der Waals surface area contributed by atoms with Gasteiger partial charge in [0.15, 0.2) is 0 Å². The van der Waals surface area contributed by atoms with E-state index in [1.165, 1.54) is 54.6 Å². The summed E-state index contributed by atoms with van der Waals surface area (Å²) < 4.78 is 0. The van der Waals surface area contributed by atoms with Gasteiger partial charge in [-0.15, -0.1) is 0 Å². The van der Waals surface area contributed by atoms with Crippen LogP contribution in [-0.4, -0.2) is 10.7 Å². The summed E-state index contributed by atoms with van der Waals surface area (Å²) in [6, 6.07) is 43.7. The number of fused-ring (bicyclic) bond motifs is 3. The second-order valence-corrected chi connectivity index (χ2v) is 10.8. The minimum absolute atomic E-state index is 0.496. The molecule has 1 aromatic heterocycles. The lowest BCUT2D eigenvalue weighted by molar-refractivity contribution is 1.32. The number of aryl methyl sites for hydroxylation is 1. The van der Waals surface area contributed by atoms with Gasteiger partial charge in [-0.25, -0.2) is 0 Å². The number of aromatic amines is 1. The van der Waals surface area contributed by atoms with Crippen molar-refractivity contribution in [2.75, 3.05) is 0 Å². The second kappa shape index (κ2) is 10.1. The fourth-order valence-electron chi connectivity index (χ4n) is 6.10. The maximum absolute atomic E-state index is 8.55. The Morgan fingerprint density at radius 1 is 0.610 bits per heavy atom. The van der Waals surface area contributed by atoms with Crippen molar-refractivity contribution in [2.45, 2.75) is 13.8 Å². The van der Waals surface area contributed by atoms with Gasteiger partial charge in [0.2, 0.25) is 0 Å². The molecule has 2 N–H and O–H groups in total. The number of allylic oxidation sites excluding steroid dienone is 2. The average Bonchev–Trinajstić information content (AvgIpc) is 3.45. The summed E-state index contributed by atoms with van der Waals surface area (Å²) in [5.41, 5.74) is 9.58. The highest BCUT2D eigenvalue weighted by atomic mass is 14.7. The van der Waals surface area contributed by atoms with Gasteiger partial charge < -0.3 is 4.98 Å². The fourth-order valence-corrected chi connectivity index (χ4v) is 6.10. The molecular weight excluding hydrogens is 496 g/mol. The average molecular weight is 527 g/mol. The smallest absolute Gasteiger partial charge is 0.0780 e. The quantitative estimate of drug-likeness (QED) is 0.165. The summed E-state index contributed by atoms with van der Waals surface area (Å²) in [4.78, 5) is 3.18. The molecule has 7 rings (SSSR count). The van der Waals surface area contributed by atoms with E-state index in [1.807, 2.05) is 25.3 Å². The van der Waals surface area contributed by atoms with Crippen LogP contribution in [0.5, 0.6) is 0 Å². The van der Waals surface area contributed by atoms with Crippen LogP contribution < -0.4 is 0 Å². The first-order valence-corrected chi connectivity index (χ1v) is 14.0. The number of benzene rings is 6. The van der Waals surface area contributed by atoms with Gasteiger partial charge in [0, 0.05) is 6.20 Å². The van der Waals surface area contributed by atoms with Crippen LogP contribution in [0.15, 0.2) is 134 Å². The summed E-state index contributed by atoms with van der Waals surface area (Å²) in [6.07, 6.45) is 3.83. The van der Waals surface area contributed by atoms with Gasteiger partial charge in [0.1, 0.15) is 0 Å². The first-order chi connectivity index (χ1) is 20.1. The van der Waals surface area contributed by atoms with Crippen LogP contribution >= 0.6 is 0 Å². The lowest BCUT2D eigenvalue weighted by atomic mass is 9.85. The van der Waals surface area contributed by atoms with Crippen LogP contribution in [-0.2, 0) is 0 Å². The Kier molecular flexibility index (Phi) is 6.10. The van der Waals surface area contributed by atoms with Crippen LogP contribution in [0.25, 0.3) is 60.1 Å². The number of H-pyrrole nitrogens is 1. The van der Waals surface area contributed by atoms with Crippen molar-refractivity contribution in [3.63, 3.8) is 0 Å². The minimum Gasteiger partial charge on any atom is -0.360 e. The first-order valence-electron chi connectivity index (χ1n) is 14.0. The number of hydrogen-bond acceptors (Lipinski definition) is 1. The minimum atomic E-state index is 0.496. The van der Waals surface area contributed by atoms with Gasteiger partial charge >= 0.3 is 0 Å². The summed E-state index contributed by atoms with van der Waals surface area (Å²) in [5.74, 6) is 0. The molecule has 0 saturated carbocycles. The molecule has 2 heteroatoms. The molecule has 6 aromatic carbocycles. The van der Waals surface area contributed by atoms with Gasteiger partial charge in [-0.3, -0.25) is 5.41 Å². The molecule has 0 saturated heterocycles. The predicted octanol–water partition coefficient (Wildman–Crippen LogP) is 10.6. The molecule has 0 fully saturated rings. The summed E-state index contributed by atoms with van der Waals surface area (Å²) in [5, 5.41) is 16.1. The van der Waals surface area contributed by atoms with E-state index in [0.717, 1.165) is 22.4 Å². The molecule has 0 bridgehead atoms. The Morgan fingerprint density at radius 3 is 1.73 bits per heavy atom. The molecule has 1 heterocycles. The molecule has 0 radical (unpaired) electrons. The third kappa shape index (κ3) is 4.34. The SMILES string of the molecule is C/C(=C\C(=N)c1[nH]ccc1C)c1ccc(-c2c3ccccc3c(-c3ccc4ccccc4c3)c3ccccc23)cc1. The van der Waals surface area contributed by atoms with Crippen LogP contribution in [0.1, 0.15) is 23.7 Å². The summed E-state index contributed by atoms with van der Waals surface area (Å²) in [6.45, 7) is 4.10. The fraction of sp³-hybridized carbons (Fsp3) is 0.0513. The number of rotatable bonds is 5. The molecule has 41 heavy (non-hydrogen) atoms.